The molecule has 1 aliphatic heterocycles. The molecule has 0 fully saturated rings. The van der Waals surface area contributed by atoms with Crippen LogP contribution in [-0.2, 0) is 11.3 Å². The first-order chi connectivity index (χ1) is 18.1. The Bertz CT molecular complexity index is 1290. The third-order valence-electron chi connectivity index (χ3n) is 6.12. The van der Waals surface area contributed by atoms with E-state index in [0.717, 1.165) is 61.0 Å². The van der Waals surface area contributed by atoms with E-state index in [1.54, 1.807) is 37.7 Å². The molecule has 9 heteroatoms. The van der Waals surface area contributed by atoms with Gasteiger partial charge in [-0.2, -0.15) is 0 Å². The zero-order valence-corrected chi connectivity index (χ0v) is 21.8. The highest BCUT2D eigenvalue weighted by Crippen LogP contribution is 2.29. The summed E-state index contributed by atoms with van der Waals surface area (Å²) < 4.78 is 24.2. The van der Waals surface area contributed by atoms with Crippen LogP contribution >= 0.6 is 11.6 Å². The number of nitrogens with one attached hydrogen (secondary N) is 2. The largest absolute Gasteiger partial charge is 0.487 e. The predicted molar refractivity (Wildman–Crippen MR) is 144 cm³/mol. The maximum atomic E-state index is 13.4. The van der Waals surface area contributed by atoms with Gasteiger partial charge in [0.15, 0.2) is 5.82 Å². The summed E-state index contributed by atoms with van der Waals surface area (Å²) in [4.78, 5) is 13.7. The fourth-order valence-electron chi connectivity index (χ4n) is 4.17. The Labute approximate surface area is 221 Å². The van der Waals surface area contributed by atoms with Gasteiger partial charge in [-0.1, -0.05) is 42.7 Å². The van der Waals surface area contributed by atoms with Gasteiger partial charge in [0.2, 0.25) is 0 Å². The van der Waals surface area contributed by atoms with Gasteiger partial charge in [-0.3, -0.25) is 4.99 Å². The first-order valence-corrected chi connectivity index (χ1v) is 13.0. The van der Waals surface area contributed by atoms with Gasteiger partial charge >= 0.3 is 0 Å². The Hall–Kier alpha value is -3.07. The summed E-state index contributed by atoms with van der Waals surface area (Å²) in [6, 6.07) is 11.7. The maximum absolute atomic E-state index is 13.4. The number of aromatic nitrogens is 2. The van der Waals surface area contributed by atoms with Crippen LogP contribution in [-0.4, -0.2) is 43.3 Å². The quantitative estimate of drug-likeness (QED) is 0.303. The van der Waals surface area contributed by atoms with Crippen molar-refractivity contribution in [3.8, 4) is 5.75 Å². The van der Waals surface area contributed by atoms with E-state index in [9.17, 15) is 4.39 Å². The van der Waals surface area contributed by atoms with Gasteiger partial charge in [0.1, 0.15) is 29.9 Å². The summed E-state index contributed by atoms with van der Waals surface area (Å²) in [7, 11) is 1.72. The first kappa shape index (κ1) is 27.0. The molecule has 7 nitrogen and oxygen atoms in total. The summed E-state index contributed by atoms with van der Waals surface area (Å²) in [6.45, 7) is 3.64. The van der Waals surface area contributed by atoms with Crippen LogP contribution < -0.4 is 26.1 Å². The maximum Gasteiger partial charge on any atom is 0.159 e. The lowest BCUT2D eigenvalue weighted by atomic mass is 9.99. The Balaban J connectivity index is 1.31. The second kappa shape index (κ2) is 14.0. The van der Waals surface area contributed by atoms with E-state index in [1.165, 1.54) is 25.0 Å². The highest BCUT2D eigenvalue weighted by atomic mass is 35.5. The monoisotopic (exact) mass is 525 g/mol. The number of anilines is 2. The van der Waals surface area contributed by atoms with Crippen LogP contribution in [0.2, 0.25) is 5.02 Å². The van der Waals surface area contributed by atoms with Crippen LogP contribution in [0.25, 0.3) is 6.08 Å². The molecule has 0 saturated heterocycles. The van der Waals surface area contributed by atoms with Gasteiger partial charge in [0, 0.05) is 25.9 Å². The molecule has 196 valence electrons. The molecule has 0 bridgehead atoms. The zero-order valence-electron chi connectivity index (χ0n) is 21.1. The number of halogens is 2. The average Bonchev–Trinajstić information content (AvgIpc) is 2.90. The summed E-state index contributed by atoms with van der Waals surface area (Å²) in [6.07, 6.45) is 8.39. The number of hydrogen-bond donors (Lipinski definition) is 2. The molecule has 1 atom stereocenters. The lowest BCUT2D eigenvalue weighted by Crippen LogP contribution is -2.36. The van der Waals surface area contributed by atoms with Crippen molar-refractivity contribution in [2.45, 2.75) is 32.3 Å². The van der Waals surface area contributed by atoms with Gasteiger partial charge in [-0.05, 0) is 61.2 Å². The van der Waals surface area contributed by atoms with E-state index < -0.39 is 0 Å². The molecule has 0 saturated carbocycles. The van der Waals surface area contributed by atoms with E-state index in [1.807, 2.05) is 6.07 Å². The molecule has 4 rings (SSSR count). The molecule has 0 spiro atoms. The lowest BCUT2D eigenvalue weighted by molar-refractivity contribution is 0.199. The molecule has 2 aromatic carbocycles. The van der Waals surface area contributed by atoms with Gasteiger partial charge in [-0.25, -0.2) is 14.4 Å². The van der Waals surface area contributed by atoms with Gasteiger partial charge in [-0.15, -0.1) is 0 Å². The van der Waals surface area contributed by atoms with E-state index >= 15 is 0 Å². The van der Waals surface area contributed by atoms with Gasteiger partial charge in [0.05, 0.1) is 17.0 Å². The molecule has 3 aromatic rings. The average molecular weight is 526 g/mol. The van der Waals surface area contributed by atoms with Crippen molar-refractivity contribution >= 4 is 29.2 Å². The summed E-state index contributed by atoms with van der Waals surface area (Å²) in [5.41, 5.74) is 1.50. The van der Waals surface area contributed by atoms with Gasteiger partial charge in [0.25, 0.3) is 0 Å². The van der Waals surface area contributed by atoms with Crippen LogP contribution in [0.4, 0.5) is 15.9 Å². The molecule has 0 aliphatic carbocycles. The predicted octanol–water partition coefficient (Wildman–Crippen LogP) is 4.42. The van der Waals surface area contributed by atoms with E-state index in [0.29, 0.717) is 22.5 Å². The molecule has 2 heterocycles. The molecule has 37 heavy (non-hydrogen) atoms. The number of fused-ring (bicyclic) bond motifs is 1. The standard InChI is InChI=1S/C28H33ClFN5O2/c1-36-13-12-31-11-4-2-3-6-20-15-25-27(32-17-20)28(34-19-33-25)35-23-9-10-26(24(29)16-23)37-18-21-7-5-8-22(30)14-21/h5,7-10,14-16,19-20,31H,2-4,6,11-13,17-18H2,1H3,(H,33,34,35). The molecule has 0 amide bonds. The van der Waals surface area contributed by atoms with Crippen LogP contribution in [0.15, 0.2) is 53.8 Å². The normalized spacial score (nSPS) is 14.4. The van der Waals surface area contributed by atoms with Gasteiger partial charge < -0.3 is 20.1 Å². The number of hydrogen-bond acceptors (Lipinski definition) is 7. The Morgan fingerprint density at radius 2 is 2.00 bits per heavy atom. The zero-order chi connectivity index (χ0) is 25.9. The summed E-state index contributed by atoms with van der Waals surface area (Å²) in [5.74, 6) is 1.26. The van der Waals surface area contributed by atoms with Crippen molar-refractivity contribution in [2.24, 2.45) is 10.9 Å². The Morgan fingerprint density at radius 1 is 1.08 bits per heavy atom. The third kappa shape index (κ3) is 8.21. The van der Waals surface area contributed by atoms with Crippen molar-refractivity contribution in [3.63, 3.8) is 0 Å². The molecule has 1 aromatic heterocycles. The van der Waals surface area contributed by atoms with Crippen LogP contribution in [0, 0.1) is 11.7 Å². The second-order valence-corrected chi connectivity index (χ2v) is 9.41. The van der Waals surface area contributed by atoms with E-state index in [2.05, 4.69) is 26.7 Å². The lowest BCUT2D eigenvalue weighted by Gasteiger charge is -2.15. The molecule has 2 N–H and O–H groups in total. The van der Waals surface area contributed by atoms with Crippen molar-refractivity contribution in [2.75, 3.05) is 38.7 Å². The first-order valence-electron chi connectivity index (χ1n) is 12.6. The summed E-state index contributed by atoms with van der Waals surface area (Å²) in [5, 5.41) is 8.76. The van der Waals surface area contributed by atoms with Crippen LogP contribution in [0.3, 0.4) is 0 Å². The minimum absolute atomic E-state index is 0.227. The highest BCUT2D eigenvalue weighted by Gasteiger charge is 2.13. The number of methoxy groups -OCH3 is 1. The van der Waals surface area contributed by atoms with Crippen molar-refractivity contribution in [1.29, 1.82) is 0 Å². The van der Waals surface area contributed by atoms with Crippen LogP contribution in [0.1, 0.15) is 31.2 Å². The van der Waals surface area contributed by atoms with E-state index in [-0.39, 0.29) is 12.4 Å². The highest BCUT2D eigenvalue weighted by molar-refractivity contribution is 6.32. The Morgan fingerprint density at radius 3 is 2.84 bits per heavy atom. The molecular formula is C28H33ClFN5O2. The fraction of sp³-hybridized carbons (Fsp3) is 0.393. The topological polar surface area (TPSA) is 80.7 Å². The number of ether oxygens (including phenoxy) is 2. The third-order valence-corrected chi connectivity index (χ3v) is 6.41. The second-order valence-electron chi connectivity index (χ2n) is 9.00. The smallest absolute Gasteiger partial charge is 0.159 e. The molecular weight excluding hydrogens is 493 g/mol. The van der Waals surface area contributed by atoms with E-state index in [4.69, 9.17) is 26.1 Å². The Kier molecular flexibility index (Phi) is 10.2. The summed E-state index contributed by atoms with van der Waals surface area (Å²) >= 11 is 6.45. The number of rotatable bonds is 14. The molecule has 1 unspecified atom stereocenters. The number of unbranched alkanes of at least 4 members (excludes halogenated alkanes) is 2. The van der Waals surface area contributed by atoms with Crippen molar-refractivity contribution in [3.05, 3.63) is 75.9 Å². The van der Waals surface area contributed by atoms with Crippen molar-refractivity contribution < 1.29 is 13.9 Å². The fourth-order valence-corrected chi connectivity index (χ4v) is 4.41. The number of nitrogens with zero attached hydrogens (tertiary/aromatic N) is 3. The molecule has 1 aliphatic rings. The number of benzene rings is 2. The van der Waals surface area contributed by atoms with Crippen molar-refractivity contribution in [1.82, 2.24) is 15.3 Å². The van der Waals surface area contributed by atoms with Crippen LogP contribution in [0.5, 0.6) is 5.75 Å². The SMILES string of the molecule is COCCNCCCCCC1C=c2ncnc(Nc3ccc(OCc4cccc(F)c4)c(Cl)c3)c2=NC1. The minimum Gasteiger partial charge on any atom is -0.487 e. The molecule has 0 radical (unpaired) electrons. The minimum atomic E-state index is -0.295.